The second kappa shape index (κ2) is 6.24. The van der Waals surface area contributed by atoms with Gasteiger partial charge in [-0.2, -0.15) is 0 Å². The Morgan fingerprint density at radius 1 is 1.17 bits per heavy atom. The highest BCUT2D eigenvalue weighted by Gasteiger charge is 2.15. The molecule has 2 N–H and O–H groups in total. The number of aryl methyl sites for hydroxylation is 3. The van der Waals surface area contributed by atoms with E-state index in [-0.39, 0.29) is 5.75 Å². The topological polar surface area (TPSA) is 90.9 Å². The number of nitrogens with zero attached hydrogens (tertiary/aromatic N) is 3. The molecule has 0 aliphatic rings. The molecule has 2 aromatic heterocycles. The average Bonchev–Trinajstić information content (AvgIpc) is 2.98. The molecule has 0 saturated carbocycles. The third kappa shape index (κ3) is 2.99. The van der Waals surface area contributed by atoms with Gasteiger partial charge in [-0.05, 0) is 38.0 Å². The van der Waals surface area contributed by atoms with E-state index in [2.05, 4.69) is 9.97 Å². The number of sulfone groups is 1. The number of pyridine rings is 1. The Balaban J connectivity index is 1.80. The number of anilines is 1. The van der Waals surface area contributed by atoms with Crippen LogP contribution in [0.3, 0.4) is 0 Å². The molecule has 3 rings (SSSR count). The standard InChI is InChI=1S/C17H20N4O2S/c1-12-13(2)20-17(18)15-16(12)21(11-19-15)9-6-10-24(22,23)14-7-4-3-5-8-14/h3-5,7-8,11H,6,9-10H2,1-2H3,(H2,18,20). The van der Waals surface area contributed by atoms with Gasteiger partial charge in [0.25, 0.3) is 0 Å². The largest absolute Gasteiger partial charge is 0.382 e. The lowest BCUT2D eigenvalue weighted by molar-refractivity contribution is 0.587. The Bertz CT molecular complexity index is 979. The summed E-state index contributed by atoms with van der Waals surface area (Å²) in [6.45, 7) is 4.44. The van der Waals surface area contributed by atoms with Gasteiger partial charge in [-0.3, -0.25) is 0 Å². The molecule has 0 atom stereocenters. The normalized spacial score (nSPS) is 11.9. The number of hydrogen-bond donors (Lipinski definition) is 1. The van der Waals surface area contributed by atoms with E-state index in [0.29, 0.717) is 29.2 Å². The molecule has 0 fully saturated rings. The molecule has 0 amide bonds. The number of benzene rings is 1. The van der Waals surface area contributed by atoms with Gasteiger partial charge < -0.3 is 10.3 Å². The van der Waals surface area contributed by atoms with Gasteiger partial charge in [-0.25, -0.2) is 18.4 Å². The molecule has 3 aromatic rings. The minimum atomic E-state index is -3.26. The number of imidazole rings is 1. The molecule has 24 heavy (non-hydrogen) atoms. The first-order valence-electron chi connectivity index (χ1n) is 7.75. The molecule has 1 aromatic carbocycles. The van der Waals surface area contributed by atoms with Crippen molar-refractivity contribution >= 4 is 26.7 Å². The molecule has 0 aliphatic carbocycles. The Labute approximate surface area is 141 Å². The molecule has 7 heteroatoms. The van der Waals surface area contributed by atoms with E-state index < -0.39 is 9.84 Å². The predicted molar refractivity (Wildman–Crippen MR) is 94.5 cm³/mol. The summed E-state index contributed by atoms with van der Waals surface area (Å²) in [7, 11) is -3.26. The highest BCUT2D eigenvalue weighted by atomic mass is 32.2. The number of aromatic nitrogens is 3. The van der Waals surface area contributed by atoms with Crippen molar-refractivity contribution < 1.29 is 8.42 Å². The fraction of sp³-hybridized carbons (Fsp3) is 0.294. The molecule has 0 saturated heterocycles. The number of fused-ring (bicyclic) bond motifs is 1. The van der Waals surface area contributed by atoms with E-state index in [0.717, 1.165) is 16.8 Å². The first-order valence-corrected chi connectivity index (χ1v) is 9.40. The van der Waals surface area contributed by atoms with Crippen molar-refractivity contribution in [1.82, 2.24) is 14.5 Å². The molecule has 0 bridgehead atoms. The Morgan fingerprint density at radius 3 is 2.58 bits per heavy atom. The van der Waals surface area contributed by atoms with E-state index in [1.807, 2.05) is 18.4 Å². The summed E-state index contributed by atoms with van der Waals surface area (Å²) in [6, 6.07) is 8.53. The SMILES string of the molecule is Cc1nc(N)c2ncn(CCCS(=O)(=O)c3ccccc3)c2c1C. The highest BCUT2D eigenvalue weighted by molar-refractivity contribution is 7.91. The molecule has 126 valence electrons. The second-order valence-electron chi connectivity index (χ2n) is 5.83. The van der Waals surface area contributed by atoms with Crippen LogP contribution in [0.2, 0.25) is 0 Å². The van der Waals surface area contributed by atoms with E-state index in [1.54, 1.807) is 36.7 Å². The smallest absolute Gasteiger partial charge is 0.178 e. The van der Waals surface area contributed by atoms with Gasteiger partial charge in [0.2, 0.25) is 0 Å². The van der Waals surface area contributed by atoms with Crippen LogP contribution in [0.15, 0.2) is 41.6 Å². The maximum Gasteiger partial charge on any atom is 0.178 e. The summed E-state index contributed by atoms with van der Waals surface area (Å²) >= 11 is 0. The molecule has 6 nitrogen and oxygen atoms in total. The van der Waals surface area contributed by atoms with Gasteiger partial charge in [0.15, 0.2) is 15.7 Å². The molecular weight excluding hydrogens is 324 g/mol. The van der Waals surface area contributed by atoms with Crippen molar-refractivity contribution in [2.24, 2.45) is 0 Å². The van der Waals surface area contributed by atoms with Crippen molar-refractivity contribution in [3.8, 4) is 0 Å². The van der Waals surface area contributed by atoms with Crippen molar-refractivity contribution in [2.45, 2.75) is 31.7 Å². The van der Waals surface area contributed by atoms with E-state index in [1.165, 1.54) is 0 Å². The van der Waals surface area contributed by atoms with Crippen LogP contribution >= 0.6 is 0 Å². The number of hydrogen-bond acceptors (Lipinski definition) is 5. The third-order valence-corrected chi connectivity index (χ3v) is 6.00. The zero-order valence-corrected chi connectivity index (χ0v) is 14.5. The molecule has 0 aliphatic heterocycles. The Kier molecular flexibility index (Phi) is 4.28. The molecule has 2 heterocycles. The lowest BCUT2D eigenvalue weighted by Gasteiger charge is -2.09. The second-order valence-corrected chi connectivity index (χ2v) is 7.94. The highest BCUT2D eigenvalue weighted by Crippen LogP contribution is 2.24. The van der Waals surface area contributed by atoms with Crippen molar-refractivity contribution in [3.05, 3.63) is 47.9 Å². The summed E-state index contributed by atoms with van der Waals surface area (Å²) in [6.07, 6.45) is 2.20. The first kappa shape index (κ1) is 16.4. The van der Waals surface area contributed by atoms with Crippen LogP contribution in [0.5, 0.6) is 0 Å². The minimum Gasteiger partial charge on any atom is -0.382 e. The maximum atomic E-state index is 12.3. The maximum absolute atomic E-state index is 12.3. The average molecular weight is 344 g/mol. The van der Waals surface area contributed by atoms with Crippen molar-refractivity contribution in [2.75, 3.05) is 11.5 Å². The lowest BCUT2D eigenvalue weighted by atomic mass is 10.2. The van der Waals surface area contributed by atoms with Crippen LogP contribution in [-0.2, 0) is 16.4 Å². The number of nitrogens with two attached hydrogens (primary N) is 1. The molecule has 0 unspecified atom stereocenters. The van der Waals surface area contributed by atoms with Crippen LogP contribution in [0, 0.1) is 13.8 Å². The van der Waals surface area contributed by atoms with Gasteiger partial charge in [0, 0.05) is 12.2 Å². The number of rotatable bonds is 5. The summed E-state index contributed by atoms with van der Waals surface area (Å²) in [5.74, 6) is 0.499. The summed E-state index contributed by atoms with van der Waals surface area (Å²) in [4.78, 5) is 8.96. The predicted octanol–water partition coefficient (Wildman–Crippen LogP) is 2.49. The van der Waals surface area contributed by atoms with Crippen LogP contribution < -0.4 is 5.73 Å². The Hall–Kier alpha value is -2.41. The zero-order chi connectivity index (χ0) is 17.3. The van der Waals surface area contributed by atoms with Crippen LogP contribution in [0.4, 0.5) is 5.82 Å². The van der Waals surface area contributed by atoms with Gasteiger partial charge >= 0.3 is 0 Å². The van der Waals surface area contributed by atoms with E-state index in [9.17, 15) is 8.42 Å². The van der Waals surface area contributed by atoms with E-state index in [4.69, 9.17) is 5.73 Å². The Morgan fingerprint density at radius 2 is 1.88 bits per heavy atom. The summed E-state index contributed by atoms with van der Waals surface area (Å²) in [5.41, 5.74) is 9.40. The van der Waals surface area contributed by atoms with Gasteiger partial charge in [0.05, 0.1) is 22.5 Å². The number of nitrogen functional groups attached to an aromatic ring is 1. The lowest BCUT2D eigenvalue weighted by Crippen LogP contribution is -2.10. The monoisotopic (exact) mass is 344 g/mol. The van der Waals surface area contributed by atoms with Crippen LogP contribution in [0.25, 0.3) is 11.0 Å². The van der Waals surface area contributed by atoms with Gasteiger partial charge in [-0.15, -0.1) is 0 Å². The van der Waals surface area contributed by atoms with Crippen LogP contribution in [0.1, 0.15) is 17.7 Å². The van der Waals surface area contributed by atoms with Crippen molar-refractivity contribution in [3.63, 3.8) is 0 Å². The summed E-state index contributed by atoms with van der Waals surface area (Å²) in [5, 5.41) is 0. The first-order chi connectivity index (χ1) is 11.4. The zero-order valence-electron chi connectivity index (χ0n) is 13.7. The fourth-order valence-electron chi connectivity index (χ4n) is 2.79. The van der Waals surface area contributed by atoms with Crippen molar-refractivity contribution in [1.29, 1.82) is 0 Å². The minimum absolute atomic E-state index is 0.0925. The van der Waals surface area contributed by atoms with Gasteiger partial charge in [-0.1, -0.05) is 18.2 Å². The third-order valence-electron chi connectivity index (χ3n) is 4.18. The summed E-state index contributed by atoms with van der Waals surface area (Å²) < 4.78 is 26.6. The molecule has 0 radical (unpaired) electrons. The fourth-order valence-corrected chi connectivity index (χ4v) is 4.11. The van der Waals surface area contributed by atoms with Gasteiger partial charge in [0.1, 0.15) is 5.52 Å². The van der Waals surface area contributed by atoms with Crippen LogP contribution in [-0.4, -0.2) is 28.7 Å². The van der Waals surface area contributed by atoms with E-state index >= 15 is 0 Å². The molecular formula is C17H20N4O2S. The quantitative estimate of drug-likeness (QED) is 0.768. The molecule has 0 spiro atoms.